The number of aliphatic hydroxyl groups is 3. The summed E-state index contributed by atoms with van der Waals surface area (Å²) in [6, 6.07) is 10.0. The Morgan fingerprint density at radius 2 is 1.73 bits per heavy atom. The molecule has 3 atom stereocenters. The number of carbonyl (C=O) groups is 4. The highest BCUT2D eigenvalue weighted by Crippen LogP contribution is 2.52. The maximum absolute atomic E-state index is 13.7. The molecule has 0 unspecified atom stereocenters. The molecule has 0 fully saturated rings. The van der Waals surface area contributed by atoms with Crippen LogP contribution in [0.3, 0.4) is 0 Å². The predicted molar refractivity (Wildman–Crippen MR) is 143 cm³/mol. The number of nitrogens with zero attached hydrogens (tertiary/aromatic N) is 1. The molecule has 3 aliphatic carbocycles. The molecule has 0 bridgehead atoms. The number of benzene rings is 2. The molecule has 208 valence electrons. The van der Waals surface area contributed by atoms with Crippen LogP contribution in [0.2, 0.25) is 0 Å². The van der Waals surface area contributed by atoms with Crippen LogP contribution < -0.4 is 11.1 Å². The van der Waals surface area contributed by atoms with Crippen LogP contribution in [0.5, 0.6) is 5.75 Å². The molecular formula is C29H29N3O8. The highest BCUT2D eigenvalue weighted by molar-refractivity contribution is 6.24. The van der Waals surface area contributed by atoms with Gasteiger partial charge >= 0.3 is 0 Å². The standard InChI is InChI=1S/C29H29N3O8/c1-32(2)12-21(35)31-16-5-3-13(4-6-16)17-7-8-19(33)23-18(17)10-14-9-15-11-20(34)24(28(30)39)27(38)29(15,40)26(37)22(14)25(23)36/h3-8,14-15,33-34,37,40H,9-12H2,1-2H3,(H2,30,39)(H,31,35)/t14-,15+,29+/m1/s1. The van der Waals surface area contributed by atoms with Gasteiger partial charge in [-0.3, -0.25) is 19.2 Å². The van der Waals surface area contributed by atoms with Gasteiger partial charge in [0.05, 0.1) is 12.1 Å². The fourth-order valence-corrected chi connectivity index (χ4v) is 6.11. The number of hydrogen-bond donors (Lipinski definition) is 6. The van der Waals surface area contributed by atoms with Gasteiger partial charge in [-0.2, -0.15) is 0 Å². The highest BCUT2D eigenvalue weighted by Gasteiger charge is 2.59. The first-order valence-corrected chi connectivity index (χ1v) is 12.7. The molecule has 0 radical (unpaired) electrons. The van der Waals surface area contributed by atoms with E-state index in [4.69, 9.17) is 5.73 Å². The fraction of sp³-hybridized carbons (Fsp3) is 0.310. The third-order valence-electron chi connectivity index (χ3n) is 7.88. The number of amides is 2. The Morgan fingerprint density at radius 1 is 1.05 bits per heavy atom. The number of ketones is 2. The zero-order chi connectivity index (χ0) is 29.1. The quantitative estimate of drug-likeness (QED) is 0.303. The average molecular weight is 548 g/mol. The van der Waals surface area contributed by atoms with Crippen LogP contribution in [0.4, 0.5) is 5.69 Å². The molecule has 0 saturated carbocycles. The van der Waals surface area contributed by atoms with Crippen molar-refractivity contribution in [3.05, 3.63) is 70.2 Å². The second-order valence-electron chi connectivity index (χ2n) is 10.8. The largest absolute Gasteiger partial charge is 0.511 e. The Bertz CT molecular complexity index is 1540. The third-order valence-corrected chi connectivity index (χ3v) is 7.88. The fourth-order valence-electron chi connectivity index (χ4n) is 6.11. The lowest BCUT2D eigenvalue weighted by molar-refractivity contribution is -0.144. The predicted octanol–water partition coefficient (Wildman–Crippen LogP) is 1.75. The second-order valence-corrected chi connectivity index (χ2v) is 10.8. The van der Waals surface area contributed by atoms with Gasteiger partial charge in [0.2, 0.25) is 11.7 Å². The minimum atomic E-state index is -2.60. The number of carbonyl (C=O) groups excluding carboxylic acids is 4. The van der Waals surface area contributed by atoms with E-state index >= 15 is 0 Å². The third kappa shape index (κ3) is 4.14. The molecule has 11 nitrogen and oxygen atoms in total. The summed E-state index contributed by atoms with van der Waals surface area (Å²) in [7, 11) is 3.57. The van der Waals surface area contributed by atoms with Crippen molar-refractivity contribution in [1.82, 2.24) is 4.90 Å². The monoisotopic (exact) mass is 547 g/mol. The van der Waals surface area contributed by atoms with E-state index in [1.54, 1.807) is 49.3 Å². The number of phenolic OH excluding ortho intramolecular Hbond substituents is 1. The van der Waals surface area contributed by atoms with Crippen molar-refractivity contribution in [3.8, 4) is 16.9 Å². The van der Waals surface area contributed by atoms with Gasteiger partial charge in [0.1, 0.15) is 22.8 Å². The van der Waals surface area contributed by atoms with E-state index in [1.807, 2.05) is 0 Å². The van der Waals surface area contributed by atoms with Crippen molar-refractivity contribution in [2.24, 2.45) is 17.6 Å². The lowest BCUT2D eigenvalue weighted by atomic mass is 9.60. The minimum absolute atomic E-state index is 0.0505. The molecule has 5 rings (SSSR count). The number of primary amides is 1. The lowest BCUT2D eigenvalue weighted by Crippen LogP contribution is -2.57. The van der Waals surface area contributed by atoms with Crippen LogP contribution >= 0.6 is 0 Å². The molecule has 2 aromatic rings. The Labute approximate surface area is 229 Å². The molecule has 2 amide bonds. The topological polar surface area (TPSA) is 190 Å². The number of phenols is 1. The van der Waals surface area contributed by atoms with Gasteiger partial charge in [-0.1, -0.05) is 18.2 Å². The number of nitrogens with two attached hydrogens (primary N) is 1. The Balaban J connectivity index is 1.54. The molecule has 7 N–H and O–H groups in total. The number of allylic oxidation sites excluding steroid dienone is 2. The normalized spacial score (nSPS) is 24.0. The number of aliphatic hydroxyl groups excluding tert-OH is 2. The van der Waals surface area contributed by atoms with Crippen molar-refractivity contribution in [1.29, 1.82) is 0 Å². The molecule has 40 heavy (non-hydrogen) atoms. The Morgan fingerprint density at radius 3 is 2.35 bits per heavy atom. The van der Waals surface area contributed by atoms with Gasteiger partial charge in [0.15, 0.2) is 11.4 Å². The summed E-state index contributed by atoms with van der Waals surface area (Å²) in [5.41, 5.74) is 4.05. The van der Waals surface area contributed by atoms with Crippen molar-refractivity contribution in [3.63, 3.8) is 0 Å². The van der Waals surface area contributed by atoms with E-state index in [9.17, 15) is 39.6 Å². The van der Waals surface area contributed by atoms with E-state index in [2.05, 4.69) is 5.32 Å². The maximum atomic E-state index is 13.7. The molecule has 0 saturated heterocycles. The smallest absolute Gasteiger partial charge is 0.255 e. The van der Waals surface area contributed by atoms with Crippen LogP contribution in [0.1, 0.15) is 28.8 Å². The number of anilines is 1. The Kier molecular flexibility index (Phi) is 6.51. The number of rotatable bonds is 5. The number of nitrogens with one attached hydrogen (secondary N) is 1. The van der Waals surface area contributed by atoms with Gasteiger partial charge < -0.3 is 36.4 Å². The lowest BCUT2D eigenvalue weighted by Gasteiger charge is -2.45. The summed E-state index contributed by atoms with van der Waals surface area (Å²) < 4.78 is 0. The molecule has 0 spiro atoms. The van der Waals surface area contributed by atoms with Gasteiger partial charge in [-0.25, -0.2) is 0 Å². The van der Waals surface area contributed by atoms with E-state index in [0.717, 1.165) is 5.56 Å². The number of aromatic hydroxyl groups is 1. The summed E-state index contributed by atoms with van der Waals surface area (Å²) in [5, 5.41) is 46.3. The summed E-state index contributed by atoms with van der Waals surface area (Å²) in [5.74, 6) is -6.84. The number of fused-ring (bicyclic) bond motifs is 3. The SMILES string of the molecule is CN(C)CC(=O)Nc1ccc(-c2ccc(O)c3c2C[C@H]2C[C@H]4CC(O)=C(C(N)=O)C(=O)[C@@]4(O)C(O)=C2C3=O)cc1. The number of hydrogen-bond acceptors (Lipinski definition) is 9. The molecule has 11 heteroatoms. The van der Waals surface area contributed by atoms with Crippen molar-refractivity contribution in [2.75, 3.05) is 26.0 Å². The minimum Gasteiger partial charge on any atom is -0.511 e. The molecule has 0 heterocycles. The molecular weight excluding hydrogens is 518 g/mol. The zero-order valence-corrected chi connectivity index (χ0v) is 21.9. The first-order chi connectivity index (χ1) is 18.8. The van der Waals surface area contributed by atoms with Crippen molar-refractivity contribution < 1.29 is 39.6 Å². The zero-order valence-electron chi connectivity index (χ0n) is 21.9. The van der Waals surface area contributed by atoms with Gasteiger partial charge in [0.25, 0.3) is 5.91 Å². The van der Waals surface area contributed by atoms with Crippen molar-refractivity contribution in [2.45, 2.75) is 24.9 Å². The summed E-state index contributed by atoms with van der Waals surface area (Å²) in [4.78, 5) is 52.4. The number of likely N-dealkylation sites (N-methyl/N-ethyl adjacent to an activating group) is 1. The van der Waals surface area contributed by atoms with Crippen molar-refractivity contribution >= 4 is 29.1 Å². The first kappa shape index (κ1) is 27.1. The van der Waals surface area contributed by atoms with Crippen LogP contribution in [-0.2, 0) is 20.8 Å². The number of Topliss-reactive ketones (excluding diaryl/α,β-unsaturated/α-hetero) is 2. The maximum Gasteiger partial charge on any atom is 0.255 e. The second kappa shape index (κ2) is 9.61. The van der Waals surface area contributed by atoms with E-state index in [1.165, 1.54) is 6.07 Å². The van der Waals surface area contributed by atoms with Crippen LogP contribution in [0, 0.1) is 11.8 Å². The van der Waals surface area contributed by atoms with Gasteiger partial charge in [-0.05, 0) is 67.7 Å². The molecule has 3 aliphatic rings. The highest BCUT2D eigenvalue weighted by atomic mass is 16.3. The molecule has 2 aromatic carbocycles. The van der Waals surface area contributed by atoms with E-state index in [0.29, 0.717) is 16.8 Å². The summed E-state index contributed by atoms with van der Waals surface area (Å²) in [6.45, 7) is 0.221. The van der Waals surface area contributed by atoms with Crippen LogP contribution in [-0.4, -0.2) is 74.9 Å². The van der Waals surface area contributed by atoms with Crippen LogP contribution in [0.15, 0.2) is 59.1 Å². The van der Waals surface area contributed by atoms with E-state index in [-0.39, 0.29) is 48.6 Å². The average Bonchev–Trinajstić information content (AvgIpc) is 2.86. The Hall–Kier alpha value is -4.48. The summed E-state index contributed by atoms with van der Waals surface area (Å²) in [6.07, 6.45) is -0.0440. The summed E-state index contributed by atoms with van der Waals surface area (Å²) >= 11 is 0. The van der Waals surface area contributed by atoms with Gasteiger partial charge in [-0.15, -0.1) is 0 Å². The van der Waals surface area contributed by atoms with Crippen LogP contribution in [0.25, 0.3) is 11.1 Å². The molecule has 0 aromatic heterocycles. The first-order valence-electron chi connectivity index (χ1n) is 12.7. The van der Waals surface area contributed by atoms with E-state index < -0.39 is 52.0 Å². The van der Waals surface area contributed by atoms with Gasteiger partial charge in [0, 0.05) is 23.6 Å². The molecule has 0 aliphatic heterocycles.